The molecule has 0 radical (unpaired) electrons. The van der Waals surface area contributed by atoms with Crippen LogP contribution in [0.3, 0.4) is 0 Å². The van der Waals surface area contributed by atoms with Crippen LogP contribution in [0.4, 0.5) is 0 Å². The van der Waals surface area contributed by atoms with E-state index in [2.05, 4.69) is 15.6 Å². The molecule has 0 bridgehead atoms. The summed E-state index contributed by atoms with van der Waals surface area (Å²) in [6.45, 7) is 1.25. The highest BCUT2D eigenvalue weighted by molar-refractivity contribution is 7.89. The third kappa shape index (κ3) is 5.41. The quantitative estimate of drug-likeness (QED) is 0.557. The first-order valence-electron chi connectivity index (χ1n) is 10.4. The lowest BCUT2D eigenvalue weighted by atomic mass is 10.3. The van der Waals surface area contributed by atoms with Gasteiger partial charge in [-0.2, -0.15) is 4.31 Å². The van der Waals surface area contributed by atoms with E-state index in [9.17, 15) is 18.0 Å². The summed E-state index contributed by atoms with van der Waals surface area (Å²) in [4.78, 5) is 28.3. The molecule has 0 aliphatic carbocycles. The first-order chi connectivity index (χ1) is 15.9. The van der Waals surface area contributed by atoms with Crippen LogP contribution in [0.1, 0.15) is 12.0 Å². The number of rotatable bonds is 6. The zero-order chi connectivity index (χ0) is 23.3. The van der Waals surface area contributed by atoms with E-state index in [-0.39, 0.29) is 24.5 Å². The number of sulfonamides is 1. The molecule has 0 unspecified atom stereocenters. The van der Waals surface area contributed by atoms with Crippen molar-refractivity contribution < 1.29 is 32.2 Å². The number of hydrogen-bond acceptors (Lipinski definition) is 8. The number of aromatic nitrogens is 1. The number of nitrogens with zero attached hydrogens (tertiary/aromatic N) is 2. The Hall–Kier alpha value is -3.22. The summed E-state index contributed by atoms with van der Waals surface area (Å²) in [5.74, 6) is -0.882. The number of benzene rings is 1. The van der Waals surface area contributed by atoms with Crippen LogP contribution < -0.4 is 20.1 Å². The first-order valence-corrected chi connectivity index (χ1v) is 11.9. The topological polar surface area (TPSA) is 136 Å². The van der Waals surface area contributed by atoms with Crippen molar-refractivity contribution >= 4 is 21.8 Å². The molecule has 2 N–H and O–H groups in total. The monoisotopic (exact) mass is 476 g/mol. The van der Waals surface area contributed by atoms with Crippen LogP contribution in [-0.2, 0) is 30.9 Å². The summed E-state index contributed by atoms with van der Waals surface area (Å²) in [5, 5.41) is 4.94. The zero-order valence-corrected chi connectivity index (χ0v) is 18.5. The molecule has 1 saturated heterocycles. The summed E-state index contributed by atoms with van der Waals surface area (Å²) in [5.41, 5.74) is 0.742. The number of hydrogen-bond donors (Lipinski definition) is 2. The molecule has 1 fully saturated rings. The van der Waals surface area contributed by atoms with Crippen molar-refractivity contribution in [1.29, 1.82) is 0 Å². The highest BCUT2D eigenvalue weighted by Crippen LogP contribution is 2.34. The Morgan fingerprint density at radius 3 is 2.64 bits per heavy atom. The molecular formula is C21H24N4O7S. The summed E-state index contributed by atoms with van der Waals surface area (Å²) >= 11 is 0. The molecule has 2 aliphatic rings. The fourth-order valence-electron chi connectivity index (χ4n) is 3.45. The molecule has 1 atom stereocenters. The number of pyridine rings is 1. The van der Waals surface area contributed by atoms with Crippen molar-refractivity contribution in [3.05, 3.63) is 48.3 Å². The maximum atomic E-state index is 13.3. The number of carbonyl (C=O) groups is 2. The van der Waals surface area contributed by atoms with Gasteiger partial charge < -0.3 is 24.8 Å². The Bertz CT molecular complexity index is 1110. The van der Waals surface area contributed by atoms with Gasteiger partial charge >= 0.3 is 11.8 Å². The number of nitrogens with one attached hydrogen (secondary N) is 2. The van der Waals surface area contributed by atoms with Crippen molar-refractivity contribution in [2.24, 2.45) is 0 Å². The lowest BCUT2D eigenvalue weighted by Crippen LogP contribution is -2.53. The van der Waals surface area contributed by atoms with Crippen LogP contribution in [0.5, 0.6) is 11.5 Å². The summed E-state index contributed by atoms with van der Waals surface area (Å²) in [6, 6.07) is 7.90. The van der Waals surface area contributed by atoms with E-state index in [1.807, 2.05) is 0 Å². The van der Waals surface area contributed by atoms with Crippen LogP contribution >= 0.6 is 0 Å². The molecule has 4 rings (SSSR count). The SMILES string of the molecule is O=C(NCc1cccnc1)C(=O)NC[C@@H]1OCCCN1S(=O)(=O)c1ccc2c(c1)OCCO2. The van der Waals surface area contributed by atoms with Crippen LogP contribution in [-0.4, -0.2) is 68.7 Å². The zero-order valence-electron chi connectivity index (χ0n) is 17.7. The summed E-state index contributed by atoms with van der Waals surface area (Å²) in [7, 11) is -3.95. The van der Waals surface area contributed by atoms with E-state index >= 15 is 0 Å². The van der Waals surface area contributed by atoms with E-state index in [0.29, 0.717) is 37.7 Å². The Balaban J connectivity index is 1.38. The van der Waals surface area contributed by atoms with Gasteiger partial charge in [0.1, 0.15) is 19.4 Å². The second-order valence-electron chi connectivity index (χ2n) is 7.35. The van der Waals surface area contributed by atoms with E-state index < -0.39 is 28.1 Å². The van der Waals surface area contributed by atoms with Crippen molar-refractivity contribution in [1.82, 2.24) is 19.9 Å². The van der Waals surface area contributed by atoms with Crippen molar-refractivity contribution in [3.8, 4) is 11.5 Å². The van der Waals surface area contributed by atoms with Crippen molar-refractivity contribution in [3.63, 3.8) is 0 Å². The minimum atomic E-state index is -3.95. The number of ether oxygens (including phenoxy) is 3. The minimum Gasteiger partial charge on any atom is -0.486 e. The number of amides is 2. The van der Waals surface area contributed by atoms with E-state index in [1.165, 1.54) is 16.4 Å². The lowest BCUT2D eigenvalue weighted by molar-refractivity contribution is -0.140. The molecule has 11 nitrogen and oxygen atoms in total. The van der Waals surface area contributed by atoms with Gasteiger partial charge in [0.05, 0.1) is 18.0 Å². The van der Waals surface area contributed by atoms with Gasteiger partial charge in [0.15, 0.2) is 11.5 Å². The minimum absolute atomic E-state index is 0.0304. The standard InChI is InChI=1S/C21H24N4O7S/c26-20(23-13-15-3-1-6-22-12-15)21(27)24-14-19-25(7-2-8-32-19)33(28,29)16-4-5-17-18(11-16)31-10-9-30-17/h1,3-6,11-12,19H,2,7-10,13-14H2,(H,23,26)(H,24,27)/t19-/m0/s1. The smallest absolute Gasteiger partial charge is 0.309 e. The maximum Gasteiger partial charge on any atom is 0.309 e. The molecule has 3 heterocycles. The van der Waals surface area contributed by atoms with Crippen molar-refractivity contribution in [2.45, 2.75) is 24.1 Å². The number of fused-ring (bicyclic) bond motifs is 1. The van der Waals surface area contributed by atoms with Gasteiger partial charge in [0.2, 0.25) is 10.0 Å². The van der Waals surface area contributed by atoms with Gasteiger partial charge in [0, 0.05) is 31.5 Å². The average Bonchev–Trinajstić information content (AvgIpc) is 2.86. The molecule has 0 saturated carbocycles. The third-order valence-electron chi connectivity index (χ3n) is 5.09. The van der Waals surface area contributed by atoms with Gasteiger partial charge in [-0.25, -0.2) is 8.42 Å². The largest absolute Gasteiger partial charge is 0.486 e. The molecule has 2 amide bonds. The molecule has 2 aliphatic heterocycles. The van der Waals surface area contributed by atoms with Gasteiger partial charge in [-0.05, 0) is 30.2 Å². The average molecular weight is 477 g/mol. The second-order valence-corrected chi connectivity index (χ2v) is 9.24. The predicted molar refractivity (Wildman–Crippen MR) is 115 cm³/mol. The van der Waals surface area contributed by atoms with Gasteiger partial charge in [-0.3, -0.25) is 14.6 Å². The maximum absolute atomic E-state index is 13.3. The van der Waals surface area contributed by atoms with E-state index in [4.69, 9.17) is 14.2 Å². The Morgan fingerprint density at radius 2 is 1.85 bits per heavy atom. The molecule has 33 heavy (non-hydrogen) atoms. The normalized spacial score (nSPS) is 18.4. The van der Waals surface area contributed by atoms with E-state index in [0.717, 1.165) is 5.56 Å². The molecule has 1 aromatic carbocycles. The fourth-order valence-corrected chi connectivity index (χ4v) is 5.03. The van der Waals surface area contributed by atoms with Gasteiger partial charge in [0.25, 0.3) is 0 Å². The van der Waals surface area contributed by atoms with E-state index in [1.54, 1.807) is 30.6 Å². The molecule has 176 valence electrons. The first kappa shape index (κ1) is 23.0. The summed E-state index contributed by atoms with van der Waals surface area (Å²) in [6.07, 6.45) is 2.73. The highest BCUT2D eigenvalue weighted by atomic mass is 32.2. The lowest BCUT2D eigenvalue weighted by Gasteiger charge is -2.34. The Morgan fingerprint density at radius 1 is 1.06 bits per heavy atom. The third-order valence-corrected chi connectivity index (χ3v) is 6.98. The molecule has 12 heteroatoms. The predicted octanol–water partition coefficient (Wildman–Crippen LogP) is 0.0225. The Labute approximate surface area is 191 Å². The molecule has 2 aromatic rings. The Kier molecular flexibility index (Phi) is 7.06. The van der Waals surface area contributed by atoms with Crippen LogP contribution in [0, 0.1) is 0 Å². The molecule has 0 spiro atoms. The second kappa shape index (κ2) is 10.1. The van der Waals surface area contributed by atoms with Crippen molar-refractivity contribution in [2.75, 3.05) is 32.9 Å². The van der Waals surface area contributed by atoms with Crippen LogP contribution in [0.15, 0.2) is 47.6 Å². The molecular weight excluding hydrogens is 452 g/mol. The number of carbonyl (C=O) groups excluding carboxylic acids is 2. The van der Waals surface area contributed by atoms with Gasteiger partial charge in [-0.1, -0.05) is 6.07 Å². The fraction of sp³-hybridized carbons (Fsp3) is 0.381. The van der Waals surface area contributed by atoms with Crippen LogP contribution in [0.2, 0.25) is 0 Å². The summed E-state index contributed by atoms with van der Waals surface area (Å²) < 4.78 is 44.3. The van der Waals surface area contributed by atoms with Crippen LogP contribution in [0.25, 0.3) is 0 Å². The highest BCUT2D eigenvalue weighted by Gasteiger charge is 2.35. The molecule has 1 aromatic heterocycles. The van der Waals surface area contributed by atoms with Gasteiger partial charge in [-0.15, -0.1) is 0 Å².